The summed E-state index contributed by atoms with van der Waals surface area (Å²) in [4.78, 5) is 25.4. The molecule has 3 atom stereocenters. The SMILES string of the molecule is CCCCCCCCCCC/C=C\C/C=C\CCCCCCCCCCCC(=O)NC(COP(=O)([O-])OCC[N+](C)(C)C)C(O)/C=C/CCCCCCCCCCCCC. The summed E-state index contributed by atoms with van der Waals surface area (Å²) < 4.78 is 23.2. The molecule has 0 spiro atoms. The number of quaternary nitrogens is 1. The lowest BCUT2D eigenvalue weighted by molar-refractivity contribution is -0.870. The van der Waals surface area contributed by atoms with Gasteiger partial charge in [0.05, 0.1) is 39.9 Å². The van der Waals surface area contributed by atoms with E-state index in [1.54, 1.807) is 6.08 Å². The first-order valence-electron chi connectivity index (χ1n) is 25.4. The van der Waals surface area contributed by atoms with Crippen molar-refractivity contribution in [3.63, 3.8) is 0 Å². The molecule has 0 aromatic heterocycles. The second-order valence-electron chi connectivity index (χ2n) is 18.5. The molecule has 0 saturated carbocycles. The lowest BCUT2D eigenvalue weighted by atomic mass is 10.0. The van der Waals surface area contributed by atoms with Crippen LogP contribution in [0.2, 0.25) is 0 Å². The Morgan fingerprint density at radius 2 is 0.967 bits per heavy atom. The quantitative estimate of drug-likeness (QED) is 0.0273. The van der Waals surface area contributed by atoms with E-state index in [1.807, 2.05) is 27.2 Å². The number of phosphoric ester groups is 1. The van der Waals surface area contributed by atoms with Crippen molar-refractivity contribution >= 4 is 13.7 Å². The Bertz CT molecular complexity index is 1070. The number of likely N-dealkylation sites (N-methyl/N-ethyl adjacent to an activating group) is 1. The maximum absolute atomic E-state index is 12.9. The van der Waals surface area contributed by atoms with Gasteiger partial charge in [-0.05, 0) is 51.4 Å². The molecular formula is C51H99N2O6P. The van der Waals surface area contributed by atoms with Gasteiger partial charge in [0.25, 0.3) is 7.82 Å². The summed E-state index contributed by atoms with van der Waals surface area (Å²) in [5.41, 5.74) is 0. The van der Waals surface area contributed by atoms with Crippen LogP contribution < -0.4 is 10.2 Å². The van der Waals surface area contributed by atoms with Crippen LogP contribution in [0.5, 0.6) is 0 Å². The minimum atomic E-state index is -4.59. The predicted molar refractivity (Wildman–Crippen MR) is 256 cm³/mol. The van der Waals surface area contributed by atoms with Gasteiger partial charge in [-0.15, -0.1) is 0 Å². The van der Waals surface area contributed by atoms with E-state index in [0.717, 1.165) is 44.9 Å². The number of carbonyl (C=O) groups excluding carboxylic acids is 1. The molecule has 0 fully saturated rings. The third-order valence-electron chi connectivity index (χ3n) is 11.3. The van der Waals surface area contributed by atoms with Crippen molar-refractivity contribution in [1.82, 2.24) is 5.32 Å². The lowest BCUT2D eigenvalue weighted by Crippen LogP contribution is -2.45. The first-order chi connectivity index (χ1) is 29.0. The largest absolute Gasteiger partial charge is 0.756 e. The van der Waals surface area contributed by atoms with Crippen molar-refractivity contribution in [1.29, 1.82) is 0 Å². The van der Waals surface area contributed by atoms with E-state index in [1.165, 1.54) is 167 Å². The third kappa shape index (κ3) is 44.8. The van der Waals surface area contributed by atoms with E-state index in [2.05, 4.69) is 43.5 Å². The molecule has 0 saturated heterocycles. The van der Waals surface area contributed by atoms with Crippen LogP contribution in [0.3, 0.4) is 0 Å². The molecule has 0 bridgehead atoms. The smallest absolute Gasteiger partial charge is 0.268 e. The standard InChI is InChI=1S/C51H99N2O6P/c1-6-8-10-12-14-16-18-20-21-22-23-24-25-26-27-28-29-30-31-33-35-37-39-41-43-45-51(55)52-49(48-59-60(56,57)58-47-46-53(3,4)5)50(54)44-42-40-38-36-34-32-19-17-15-13-11-9-7-2/h23-24,26-27,42,44,49-50,54H,6-22,25,28-41,43,45-48H2,1-5H3,(H-,52,55,56,57)/b24-23-,27-26-,44-42+. The summed E-state index contributed by atoms with van der Waals surface area (Å²) in [5, 5.41) is 13.8. The maximum atomic E-state index is 12.9. The molecule has 8 nitrogen and oxygen atoms in total. The highest BCUT2D eigenvalue weighted by Crippen LogP contribution is 2.38. The number of allylic oxidation sites excluding steroid dienone is 5. The zero-order valence-corrected chi connectivity index (χ0v) is 41.1. The van der Waals surface area contributed by atoms with Gasteiger partial charge >= 0.3 is 0 Å². The average Bonchev–Trinajstić information content (AvgIpc) is 3.20. The monoisotopic (exact) mass is 867 g/mol. The summed E-state index contributed by atoms with van der Waals surface area (Å²) in [6, 6.07) is -0.887. The number of aliphatic hydroxyl groups excluding tert-OH is 1. The Morgan fingerprint density at radius 3 is 1.38 bits per heavy atom. The number of carbonyl (C=O) groups is 1. The van der Waals surface area contributed by atoms with E-state index in [-0.39, 0.29) is 19.1 Å². The van der Waals surface area contributed by atoms with Crippen LogP contribution in [0.15, 0.2) is 36.5 Å². The number of amides is 1. The molecule has 0 heterocycles. The van der Waals surface area contributed by atoms with E-state index in [4.69, 9.17) is 9.05 Å². The predicted octanol–water partition coefficient (Wildman–Crippen LogP) is 14.0. The zero-order valence-electron chi connectivity index (χ0n) is 40.2. The molecule has 0 aliphatic carbocycles. The van der Waals surface area contributed by atoms with Crippen LogP contribution in [0.1, 0.15) is 232 Å². The van der Waals surface area contributed by atoms with Crippen molar-refractivity contribution in [2.75, 3.05) is 40.9 Å². The Morgan fingerprint density at radius 1 is 0.583 bits per heavy atom. The van der Waals surface area contributed by atoms with Crippen molar-refractivity contribution in [3.05, 3.63) is 36.5 Å². The minimum Gasteiger partial charge on any atom is -0.756 e. The Kier molecular flexibility index (Phi) is 42.1. The third-order valence-corrected chi connectivity index (χ3v) is 12.3. The topological polar surface area (TPSA) is 108 Å². The van der Waals surface area contributed by atoms with Crippen molar-refractivity contribution < 1.29 is 32.9 Å². The molecule has 0 aliphatic heterocycles. The molecule has 0 aromatic carbocycles. The lowest BCUT2D eigenvalue weighted by Gasteiger charge is -2.29. The van der Waals surface area contributed by atoms with E-state index in [9.17, 15) is 19.4 Å². The average molecular weight is 867 g/mol. The van der Waals surface area contributed by atoms with E-state index < -0.39 is 20.0 Å². The molecular weight excluding hydrogens is 768 g/mol. The summed E-state index contributed by atoms with van der Waals surface area (Å²) in [6.07, 6.45) is 53.4. The van der Waals surface area contributed by atoms with Gasteiger partial charge in [0.2, 0.25) is 5.91 Å². The first kappa shape index (κ1) is 58.7. The van der Waals surface area contributed by atoms with Gasteiger partial charge < -0.3 is 28.8 Å². The molecule has 2 N–H and O–H groups in total. The zero-order chi connectivity index (χ0) is 44.3. The minimum absolute atomic E-state index is 0.00191. The van der Waals surface area contributed by atoms with Crippen LogP contribution in [0.4, 0.5) is 0 Å². The fourth-order valence-electron chi connectivity index (χ4n) is 7.30. The summed E-state index contributed by atoms with van der Waals surface area (Å²) in [6.45, 7) is 4.65. The molecule has 0 rings (SSSR count). The fraction of sp³-hybridized carbons (Fsp3) is 0.863. The normalized spacial score (nSPS) is 14.4. The van der Waals surface area contributed by atoms with Gasteiger partial charge in [-0.3, -0.25) is 9.36 Å². The van der Waals surface area contributed by atoms with Crippen LogP contribution >= 0.6 is 7.82 Å². The van der Waals surface area contributed by atoms with Gasteiger partial charge in [0.15, 0.2) is 0 Å². The van der Waals surface area contributed by atoms with Crippen molar-refractivity contribution in [3.8, 4) is 0 Å². The first-order valence-corrected chi connectivity index (χ1v) is 26.8. The Labute approximate surface area is 372 Å². The number of hydrogen-bond acceptors (Lipinski definition) is 6. The number of nitrogens with zero attached hydrogens (tertiary/aromatic N) is 1. The maximum Gasteiger partial charge on any atom is 0.268 e. The molecule has 1 amide bonds. The number of aliphatic hydroxyl groups is 1. The van der Waals surface area contributed by atoms with Crippen LogP contribution in [-0.4, -0.2) is 68.5 Å². The van der Waals surface area contributed by atoms with Gasteiger partial charge in [0, 0.05) is 6.42 Å². The number of nitrogens with one attached hydrogen (secondary N) is 1. The van der Waals surface area contributed by atoms with Crippen molar-refractivity contribution in [2.45, 2.75) is 244 Å². The van der Waals surface area contributed by atoms with Gasteiger partial charge in [-0.1, -0.05) is 211 Å². The Hall–Kier alpha value is -1.28. The fourth-order valence-corrected chi connectivity index (χ4v) is 8.02. The number of rotatable bonds is 46. The van der Waals surface area contributed by atoms with E-state index in [0.29, 0.717) is 17.4 Å². The summed E-state index contributed by atoms with van der Waals surface area (Å²) in [7, 11) is 1.26. The molecule has 0 radical (unpaired) electrons. The second kappa shape index (κ2) is 43.0. The summed E-state index contributed by atoms with van der Waals surface area (Å²) >= 11 is 0. The number of phosphoric acid groups is 1. The molecule has 3 unspecified atom stereocenters. The van der Waals surface area contributed by atoms with Gasteiger partial charge in [-0.25, -0.2) is 0 Å². The molecule has 0 aromatic rings. The van der Waals surface area contributed by atoms with Crippen LogP contribution in [-0.2, 0) is 18.4 Å². The number of hydrogen-bond donors (Lipinski definition) is 2. The highest BCUT2D eigenvalue weighted by atomic mass is 31.2. The molecule has 354 valence electrons. The van der Waals surface area contributed by atoms with Crippen molar-refractivity contribution in [2.24, 2.45) is 0 Å². The number of unbranched alkanes of at least 4 members (excludes halogenated alkanes) is 29. The molecule has 60 heavy (non-hydrogen) atoms. The van der Waals surface area contributed by atoms with Crippen LogP contribution in [0.25, 0.3) is 0 Å². The highest BCUT2D eigenvalue weighted by molar-refractivity contribution is 7.45. The van der Waals surface area contributed by atoms with Crippen LogP contribution in [0, 0.1) is 0 Å². The van der Waals surface area contributed by atoms with E-state index >= 15 is 0 Å². The highest BCUT2D eigenvalue weighted by Gasteiger charge is 2.23. The van der Waals surface area contributed by atoms with Gasteiger partial charge in [-0.2, -0.15) is 0 Å². The van der Waals surface area contributed by atoms with Gasteiger partial charge in [0.1, 0.15) is 13.2 Å². The summed E-state index contributed by atoms with van der Waals surface area (Å²) in [5.74, 6) is -0.202. The second-order valence-corrected chi connectivity index (χ2v) is 19.9. The molecule has 9 heteroatoms. The molecule has 0 aliphatic rings. The Balaban J connectivity index is 4.23.